The largest absolute Gasteiger partial charge is 0.416 e. The third kappa shape index (κ3) is 2.77. The molecule has 5 nitrogen and oxygen atoms in total. The summed E-state index contributed by atoms with van der Waals surface area (Å²) in [5.74, 6) is 0.838. The van der Waals surface area contributed by atoms with E-state index in [0.29, 0.717) is 27.5 Å². The van der Waals surface area contributed by atoms with Crippen LogP contribution in [0.2, 0.25) is 0 Å². The lowest BCUT2D eigenvalue weighted by atomic mass is 10.1. The highest BCUT2D eigenvalue weighted by Gasteiger charge is 2.31. The van der Waals surface area contributed by atoms with Crippen molar-refractivity contribution in [2.45, 2.75) is 18.6 Å². The van der Waals surface area contributed by atoms with E-state index in [2.05, 4.69) is 20.2 Å². The van der Waals surface area contributed by atoms with Gasteiger partial charge < -0.3 is 16.0 Å². The van der Waals surface area contributed by atoms with Crippen LogP contribution in [0, 0.1) is 0 Å². The molecule has 1 aliphatic heterocycles. The SMILES string of the molecule is CN[C@H]1CCN(c2nc(N)nc3c2sc2cc(C(F)(F)F)ccc23)C1. The third-order valence-electron chi connectivity index (χ3n) is 4.54. The number of nitrogens with one attached hydrogen (secondary N) is 1. The molecule has 1 aromatic carbocycles. The van der Waals surface area contributed by atoms with Gasteiger partial charge in [-0.05, 0) is 25.6 Å². The van der Waals surface area contributed by atoms with Gasteiger partial charge in [-0.25, -0.2) is 4.98 Å². The Morgan fingerprint density at radius 1 is 1.32 bits per heavy atom. The van der Waals surface area contributed by atoms with Crippen molar-refractivity contribution in [2.75, 3.05) is 30.8 Å². The van der Waals surface area contributed by atoms with Gasteiger partial charge in [-0.15, -0.1) is 11.3 Å². The molecule has 1 fully saturated rings. The minimum atomic E-state index is -4.37. The molecule has 0 amide bonds. The third-order valence-corrected chi connectivity index (χ3v) is 5.67. The fourth-order valence-corrected chi connectivity index (χ4v) is 4.42. The zero-order chi connectivity index (χ0) is 17.8. The minimum Gasteiger partial charge on any atom is -0.368 e. The second-order valence-electron chi connectivity index (χ2n) is 6.11. The summed E-state index contributed by atoms with van der Waals surface area (Å²) in [6.45, 7) is 1.60. The van der Waals surface area contributed by atoms with Crippen LogP contribution in [0.1, 0.15) is 12.0 Å². The Bertz CT molecular complexity index is 952. The van der Waals surface area contributed by atoms with Crippen LogP contribution in [0.4, 0.5) is 24.9 Å². The second-order valence-corrected chi connectivity index (χ2v) is 7.17. The van der Waals surface area contributed by atoms with Crippen LogP contribution in [0.15, 0.2) is 18.2 Å². The highest BCUT2D eigenvalue weighted by Crippen LogP contribution is 2.41. The van der Waals surface area contributed by atoms with Gasteiger partial charge in [0.1, 0.15) is 0 Å². The first-order valence-corrected chi connectivity index (χ1v) is 8.67. The number of benzene rings is 1. The van der Waals surface area contributed by atoms with Crippen molar-refractivity contribution in [1.82, 2.24) is 15.3 Å². The maximum absolute atomic E-state index is 13.0. The maximum atomic E-state index is 13.0. The number of halogens is 3. The fourth-order valence-electron chi connectivity index (χ4n) is 3.22. The average Bonchev–Trinajstić information content (AvgIpc) is 3.17. The number of nitrogens with zero attached hydrogens (tertiary/aromatic N) is 3. The Balaban J connectivity index is 1.89. The van der Waals surface area contributed by atoms with Gasteiger partial charge in [-0.3, -0.25) is 0 Å². The van der Waals surface area contributed by atoms with Crippen molar-refractivity contribution in [3.8, 4) is 0 Å². The molecular formula is C16H16F3N5S. The van der Waals surface area contributed by atoms with Crippen LogP contribution in [-0.2, 0) is 6.18 Å². The first-order chi connectivity index (χ1) is 11.9. The van der Waals surface area contributed by atoms with Gasteiger partial charge in [0.25, 0.3) is 0 Å². The van der Waals surface area contributed by atoms with E-state index in [1.807, 2.05) is 7.05 Å². The fraction of sp³-hybridized carbons (Fsp3) is 0.375. The van der Waals surface area contributed by atoms with Crippen LogP contribution >= 0.6 is 11.3 Å². The zero-order valence-corrected chi connectivity index (χ0v) is 14.2. The Labute approximate surface area is 145 Å². The van der Waals surface area contributed by atoms with Gasteiger partial charge >= 0.3 is 6.18 Å². The van der Waals surface area contributed by atoms with Crippen LogP contribution < -0.4 is 16.0 Å². The molecule has 0 spiro atoms. The highest BCUT2D eigenvalue weighted by molar-refractivity contribution is 7.26. The van der Waals surface area contributed by atoms with Crippen molar-refractivity contribution in [2.24, 2.45) is 0 Å². The summed E-state index contributed by atoms with van der Waals surface area (Å²) in [5.41, 5.74) is 5.82. The molecule has 0 radical (unpaired) electrons. The summed E-state index contributed by atoms with van der Waals surface area (Å²) >= 11 is 1.28. The highest BCUT2D eigenvalue weighted by atomic mass is 32.1. The van der Waals surface area contributed by atoms with Gasteiger partial charge in [-0.1, -0.05) is 6.07 Å². The maximum Gasteiger partial charge on any atom is 0.416 e. The first kappa shape index (κ1) is 16.3. The molecule has 0 saturated carbocycles. The lowest BCUT2D eigenvalue weighted by molar-refractivity contribution is -0.137. The molecule has 2 aromatic heterocycles. The zero-order valence-electron chi connectivity index (χ0n) is 13.4. The van der Waals surface area contributed by atoms with Crippen LogP contribution in [0.3, 0.4) is 0 Å². The van der Waals surface area contributed by atoms with Crippen LogP contribution in [0.25, 0.3) is 20.3 Å². The average molecular weight is 367 g/mol. The number of alkyl halides is 3. The van der Waals surface area contributed by atoms with E-state index in [1.165, 1.54) is 23.5 Å². The summed E-state index contributed by atoms with van der Waals surface area (Å²) in [5, 5.41) is 3.91. The molecule has 1 saturated heterocycles. The van der Waals surface area contributed by atoms with Gasteiger partial charge in [0.15, 0.2) is 5.82 Å². The lowest BCUT2D eigenvalue weighted by Crippen LogP contribution is -2.30. The topological polar surface area (TPSA) is 67.1 Å². The molecule has 0 aliphatic carbocycles. The van der Waals surface area contributed by atoms with Crippen molar-refractivity contribution in [3.05, 3.63) is 23.8 Å². The number of rotatable bonds is 2. The van der Waals surface area contributed by atoms with E-state index in [9.17, 15) is 13.2 Å². The van der Waals surface area contributed by atoms with Gasteiger partial charge in [0, 0.05) is 29.2 Å². The van der Waals surface area contributed by atoms with E-state index in [4.69, 9.17) is 5.73 Å². The van der Waals surface area contributed by atoms with Crippen LogP contribution in [-0.4, -0.2) is 36.1 Å². The summed E-state index contributed by atoms with van der Waals surface area (Å²) < 4.78 is 40.3. The summed E-state index contributed by atoms with van der Waals surface area (Å²) in [4.78, 5) is 10.8. The molecule has 132 valence electrons. The molecule has 0 bridgehead atoms. The smallest absolute Gasteiger partial charge is 0.368 e. The Kier molecular flexibility index (Phi) is 3.73. The van der Waals surface area contributed by atoms with E-state index >= 15 is 0 Å². The number of nitrogen functional groups attached to an aromatic ring is 1. The molecule has 1 atom stereocenters. The standard InChI is InChI=1S/C16H16F3N5S/c1-21-9-4-5-24(7-9)14-13-12(22-15(20)23-14)10-3-2-8(16(17,18)19)6-11(10)25-13/h2-3,6,9,21H,4-5,7H2,1H3,(H2,20,22,23)/t9-/m0/s1. The van der Waals surface area contributed by atoms with Gasteiger partial charge in [0.05, 0.1) is 15.8 Å². The molecule has 9 heteroatoms. The number of likely N-dealkylation sites (N-methyl/N-ethyl adjacent to an activating group) is 1. The Hall–Kier alpha value is -2.13. The lowest BCUT2D eigenvalue weighted by Gasteiger charge is -2.18. The van der Waals surface area contributed by atoms with Crippen molar-refractivity contribution in [3.63, 3.8) is 0 Å². The number of nitrogens with two attached hydrogens (primary N) is 1. The van der Waals surface area contributed by atoms with Crippen molar-refractivity contribution in [1.29, 1.82) is 0 Å². The Morgan fingerprint density at radius 3 is 2.80 bits per heavy atom. The number of fused-ring (bicyclic) bond motifs is 3. The molecule has 0 unspecified atom stereocenters. The predicted octanol–water partition coefficient (Wildman–Crippen LogP) is 3.24. The molecule has 3 aromatic rings. The molecule has 1 aliphatic rings. The van der Waals surface area contributed by atoms with E-state index < -0.39 is 11.7 Å². The Morgan fingerprint density at radius 2 is 2.12 bits per heavy atom. The number of hydrogen-bond acceptors (Lipinski definition) is 6. The van der Waals surface area contributed by atoms with Gasteiger partial charge in [0.2, 0.25) is 5.95 Å². The molecular weight excluding hydrogens is 351 g/mol. The monoisotopic (exact) mass is 367 g/mol. The molecule has 4 rings (SSSR count). The number of anilines is 2. The first-order valence-electron chi connectivity index (χ1n) is 7.86. The normalized spacial score (nSPS) is 18.6. The second kappa shape index (κ2) is 5.70. The van der Waals surface area contributed by atoms with E-state index in [0.717, 1.165) is 30.3 Å². The quantitative estimate of drug-likeness (QED) is 0.728. The summed E-state index contributed by atoms with van der Waals surface area (Å²) in [6, 6.07) is 4.08. The van der Waals surface area contributed by atoms with E-state index in [1.54, 1.807) is 0 Å². The van der Waals surface area contributed by atoms with Crippen molar-refractivity contribution >= 4 is 43.4 Å². The minimum absolute atomic E-state index is 0.134. The van der Waals surface area contributed by atoms with Crippen LogP contribution in [0.5, 0.6) is 0 Å². The predicted molar refractivity (Wildman–Crippen MR) is 94.0 cm³/mol. The van der Waals surface area contributed by atoms with Gasteiger partial charge in [-0.2, -0.15) is 18.2 Å². The molecule has 25 heavy (non-hydrogen) atoms. The summed E-state index contributed by atoms with van der Waals surface area (Å²) in [7, 11) is 1.91. The number of thiophene rings is 1. The number of aromatic nitrogens is 2. The van der Waals surface area contributed by atoms with Crippen molar-refractivity contribution < 1.29 is 13.2 Å². The van der Waals surface area contributed by atoms with E-state index in [-0.39, 0.29) is 5.95 Å². The summed E-state index contributed by atoms with van der Waals surface area (Å²) in [6.07, 6.45) is -3.39. The molecule has 3 heterocycles. The number of hydrogen-bond donors (Lipinski definition) is 2. The molecule has 3 N–H and O–H groups in total.